The molecule has 12 heavy (non-hydrogen) atoms. The molecule has 1 rings (SSSR count). The van der Waals surface area contributed by atoms with Gasteiger partial charge in [-0.2, -0.15) is 0 Å². The van der Waals surface area contributed by atoms with E-state index in [4.69, 9.17) is 5.11 Å². The van der Waals surface area contributed by atoms with E-state index in [1.54, 1.807) is 0 Å². The van der Waals surface area contributed by atoms with Gasteiger partial charge in [0.05, 0.1) is 11.5 Å². The molecule has 0 atom stereocenters. The summed E-state index contributed by atoms with van der Waals surface area (Å²) in [5.74, 6) is 0. The summed E-state index contributed by atoms with van der Waals surface area (Å²) < 4.78 is 31.2. The smallest absolute Gasteiger partial charge is 0.124 e. The molecule has 4 nitrogen and oxygen atoms in total. The highest BCUT2D eigenvalue weighted by atomic mass is 32.2. The van der Waals surface area contributed by atoms with Crippen molar-refractivity contribution in [1.29, 1.82) is 0 Å². The quantitative estimate of drug-likeness (QED) is 0.665. The maximum absolute atomic E-state index is 10.4. The molecule has 1 aromatic carbocycles. The minimum atomic E-state index is -4.36. The van der Waals surface area contributed by atoms with E-state index in [-0.39, 0.29) is 11.5 Å². The summed E-state index contributed by atoms with van der Waals surface area (Å²) >= 11 is 0. The maximum atomic E-state index is 10.4. The van der Waals surface area contributed by atoms with E-state index >= 15 is 0 Å². The summed E-state index contributed by atoms with van der Waals surface area (Å²) in [6.45, 7) is -0.167. The van der Waals surface area contributed by atoms with Gasteiger partial charge in [0.2, 0.25) is 0 Å². The van der Waals surface area contributed by atoms with Crippen LogP contribution >= 0.6 is 0 Å². The number of aliphatic hydroxyl groups is 1. The first-order chi connectivity index (χ1) is 5.54. The molecule has 0 heterocycles. The predicted molar refractivity (Wildman–Crippen MR) is 40.3 cm³/mol. The number of benzene rings is 1. The predicted octanol–water partition coefficient (Wildman–Crippen LogP) is 0.0830. The van der Waals surface area contributed by atoms with Crippen molar-refractivity contribution in [3.8, 4) is 0 Å². The third kappa shape index (κ3) is 2.04. The first-order valence-electron chi connectivity index (χ1n) is 3.20. The van der Waals surface area contributed by atoms with Crippen LogP contribution in [0.1, 0.15) is 5.56 Å². The lowest BCUT2D eigenvalue weighted by atomic mass is 10.2. The van der Waals surface area contributed by atoms with Crippen LogP contribution in [0.3, 0.4) is 0 Å². The Balaban J connectivity index is 3.09. The number of aliphatic hydroxyl groups excluding tert-OH is 1. The van der Waals surface area contributed by atoms with Crippen LogP contribution in [0.15, 0.2) is 29.2 Å². The molecule has 0 aliphatic heterocycles. The molecule has 0 saturated carbocycles. The average molecular weight is 187 g/mol. The highest BCUT2D eigenvalue weighted by Crippen LogP contribution is 2.09. The van der Waals surface area contributed by atoms with E-state index in [9.17, 15) is 13.0 Å². The summed E-state index contributed by atoms with van der Waals surface area (Å²) in [5.41, 5.74) is 0.572. The molecule has 1 aromatic rings. The summed E-state index contributed by atoms with van der Waals surface area (Å²) in [6, 6.07) is 5.14. The molecule has 0 unspecified atom stereocenters. The van der Waals surface area contributed by atoms with E-state index in [2.05, 4.69) is 0 Å². The van der Waals surface area contributed by atoms with E-state index in [0.717, 1.165) is 0 Å². The number of hydrogen-bond acceptors (Lipinski definition) is 4. The fourth-order valence-corrected chi connectivity index (χ4v) is 1.23. The van der Waals surface area contributed by atoms with Crippen LogP contribution in [-0.4, -0.2) is 18.1 Å². The largest absolute Gasteiger partial charge is 0.744 e. The molecule has 0 fully saturated rings. The van der Waals surface area contributed by atoms with Gasteiger partial charge in [-0.1, -0.05) is 12.1 Å². The maximum Gasteiger partial charge on any atom is 0.124 e. The topological polar surface area (TPSA) is 77.4 Å². The van der Waals surface area contributed by atoms with Gasteiger partial charge in [-0.05, 0) is 17.7 Å². The van der Waals surface area contributed by atoms with E-state index in [1.807, 2.05) is 0 Å². The minimum Gasteiger partial charge on any atom is -0.744 e. The van der Waals surface area contributed by atoms with Crippen molar-refractivity contribution < 1.29 is 18.1 Å². The normalized spacial score (nSPS) is 11.5. The molecule has 0 aliphatic rings. The Morgan fingerprint density at radius 3 is 2.08 bits per heavy atom. The van der Waals surface area contributed by atoms with Gasteiger partial charge in [0.1, 0.15) is 10.1 Å². The second-order valence-electron chi connectivity index (χ2n) is 2.26. The highest BCUT2D eigenvalue weighted by Gasteiger charge is 1.99. The second-order valence-corrected chi connectivity index (χ2v) is 3.64. The van der Waals surface area contributed by atoms with Gasteiger partial charge in [-0.15, -0.1) is 0 Å². The van der Waals surface area contributed by atoms with Crippen molar-refractivity contribution in [1.82, 2.24) is 0 Å². The van der Waals surface area contributed by atoms with Crippen molar-refractivity contribution in [2.45, 2.75) is 11.5 Å². The van der Waals surface area contributed by atoms with Crippen LogP contribution in [0.5, 0.6) is 0 Å². The van der Waals surface area contributed by atoms with Gasteiger partial charge in [0.15, 0.2) is 0 Å². The Labute approximate surface area is 70.2 Å². The molecule has 0 amide bonds. The summed E-state index contributed by atoms with van der Waals surface area (Å²) in [4.78, 5) is -0.278. The third-order valence-electron chi connectivity index (χ3n) is 1.39. The third-order valence-corrected chi connectivity index (χ3v) is 2.24. The van der Waals surface area contributed by atoms with Crippen molar-refractivity contribution in [3.05, 3.63) is 29.8 Å². The molecule has 0 aromatic heterocycles. The van der Waals surface area contributed by atoms with Crippen LogP contribution in [0.25, 0.3) is 0 Å². The molecule has 0 radical (unpaired) electrons. The monoisotopic (exact) mass is 187 g/mol. The summed E-state index contributed by atoms with van der Waals surface area (Å²) in [5, 5.41) is 8.60. The lowest BCUT2D eigenvalue weighted by molar-refractivity contribution is 0.281. The van der Waals surface area contributed by atoms with E-state index in [1.165, 1.54) is 24.3 Å². The van der Waals surface area contributed by atoms with E-state index < -0.39 is 10.1 Å². The second kappa shape index (κ2) is 3.22. The fraction of sp³-hybridized carbons (Fsp3) is 0.143. The number of rotatable bonds is 2. The highest BCUT2D eigenvalue weighted by molar-refractivity contribution is 7.85. The molecular formula is C7H7O4S-. The average Bonchev–Trinajstić information content (AvgIpc) is 2.03. The van der Waals surface area contributed by atoms with Crippen LogP contribution in [0, 0.1) is 0 Å². The first kappa shape index (κ1) is 9.18. The molecule has 0 bridgehead atoms. The Kier molecular flexibility index (Phi) is 2.46. The molecule has 1 N–H and O–H groups in total. The Hall–Kier alpha value is -0.910. The van der Waals surface area contributed by atoms with Gasteiger partial charge >= 0.3 is 0 Å². The van der Waals surface area contributed by atoms with Gasteiger partial charge in [-0.3, -0.25) is 0 Å². The zero-order chi connectivity index (χ0) is 9.19. The van der Waals surface area contributed by atoms with Gasteiger partial charge in [0.25, 0.3) is 0 Å². The van der Waals surface area contributed by atoms with Crippen molar-refractivity contribution in [2.75, 3.05) is 0 Å². The van der Waals surface area contributed by atoms with Crippen LogP contribution in [-0.2, 0) is 16.7 Å². The molecule has 0 saturated heterocycles. The first-order valence-corrected chi connectivity index (χ1v) is 4.60. The van der Waals surface area contributed by atoms with Crippen LogP contribution in [0.4, 0.5) is 0 Å². The molecule has 5 heteroatoms. The van der Waals surface area contributed by atoms with Crippen molar-refractivity contribution in [3.63, 3.8) is 0 Å². The SMILES string of the molecule is O=S(=O)([O-])c1ccc(CO)cc1. The Morgan fingerprint density at radius 1 is 1.25 bits per heavy atom. The summed E-state index contributed by atoms with van der Waals surface area (Å²) in [6.07, 6.45) is 0. The minimum absolute atomic E-state index is 0.167. The summed E-state index contributed by atoms with van der Waals surface area (Å²) in [7, 11) is -4.36. The Morgan fingerprint density at radius 2 is 1.75 bits per heavy atom. The lowest BCUT2D eigenvalue weighted by Crippen LogP contribution is -1.98. The van der Waals surface area contributed by atoms with Gasteiger partial charge in [0, 0.05) is 0 Å². The standard InChI is InChI=1S/C7H8O4S/c8-5-6-1-3-7(4-2-6)12(9,10)11/h1-4,8H,5H2,(H,9,10,11)/p-1. The number of hydrogen-bond donors (Lipinski definition) is 1. The van der Waals surface area contributed by atoms with Crippen LogP contribution in [0.2, 0.25) is 0 Å². The zero-order valence-electron chi connectivity index (χ0n) is 6.10. The van der Waals surface area contributed by atoms with E-state index in [0.29, 0.717) is 5.56 Å². The lowest BCUT2D eigenvalue weighted by Gasteiger charge is -2.06. The van der Waals surface area contributed by atoms with Crippen molar-refractivity contribution in [2.24, 2.45) is 0 Å². The fourth-order valence-electron chi connectivity index (χ4n) is 0.762. The van der Waals surface area contributed by atoms with Crippen LogP contribution < -0.4 is 0 Å². The molecule has 0 spiro atoms. The zero-order valence-corrected chi connectivity index (χ0v) is 6.91. The van der Waals surface area contributed by atoms with Crippen molar-refractivity contribution >= 4 is 10.1 Å². The molecular weight excluding hydrogens is 180 g/mol. The molecule has 66 valence electrons. The van der Waals surface area contributed by atoms with Gasteiger partial charge < -0.3 is 9.66 Å². The molecule has 0 aliphatic carbocycles. The van der Waals surface area contributed by atoms with Gasteiger partial charge in [-0.25, -0.2) is 8.42 Å². The Bertz CT molecular complexity index is 351.